The van der Waals surface area contributed by atoms with Crippen LogP contribution in [0.15, 0.2) is 36.5 Å². The molecule has 3 rings (SSSR count). The van der Waals surface area contributed by atoms with Gasteiger partial charge in [0.25, 0.3) is 0 Å². The molecule has 1 amide bonds. The smallest absolute Gasteiger partial charge is 0.392 e. The zero-order chi connectivity index (χ0) is 18.2. The van der Waals surface area contributed by atoms with Gasteiger partial charge in [0.1, 0.15) is 17.3 Å². The number of anilines is 1. The first-order valence-electron chi connectivity index (χ1n) is 7.20. The number of rotatable bonds is 4. The molecule has 1 unspecified atom stereocenters. The van der Waals surface area contributed by atoms with Crippen LogP contribution in [0.2, 0.25) is 0 Å². The lowest BCUT2D eigenvalue weighted by Gasteiger charge is -2.08. The van der Waals surface area contributed by atoms with E-state index in [-0.39, 0.29) is 23.7 Å². The Kier molecular flexibility index (Phi) is 4.32. The Hall–Kier alpha value is -2.71. The number of alkyl halides is 3. The van der Waals surface area contributed by atoms with Crippen LogP contribution in [-0.4, -0.2) is 17.1 Å². The van der Waals surface area contributed by atoms with Gasteiger partial charge in [0.05, 0.1) is 18.0 Å². The van der Waals surface area contributed by atoms with Gasteiger partial charge >= 0.3 is 6.18 Å². The molecule has 4 nitrogen and oxygen atoms in total. The van der Waals surface area contributed by atoms with E-state index < -0.39 is 35.6 Å². The number of hydrogen-bond donors (Lipinski definition) is 1. The number of hydrogen-bond acceptors (Lipinski definition) is 3. The Labute approximate surface area is 138 Å². The lowest BCUT2D eigenvalue weighted by molar-refractivity contribution is -0.153. The number of pyridine rings is 1. The fourth-order valence-electron chi connectivity index (χ4n) is 2.26. The molecule has 1 aliphatic carbocycles. The average Bonchev–Trinajstić information content (AvgIpc) is 3.34. The van der Waals surface area contributed by atoms with E-state index in [1.165, 1.54) is 24.4 Å². The maximum absolute atomic E-state index is 13.1. The van der Waals surface area contributed by atoms with Gasteiger partial charge in [-0.15, -0.1) is 0 Å². The van der Waals surface area contributed by atoms with E-state index in [4.69, 9.17) is 4.74 Å². The van der Waals surface area contributed by atoms with Crippen molar-refractivity contribution in [3.63, 3.8) is 0 Å². The van der Waals surface area contributed by atoms with Crippen molar-refractivity contribution in [1.82, 2.24) is 4.98 Å². The summed E-state index contributed by atoms with van der Waals surface area (Å²) < 4.78 is 68.5. The SMILES string of the molecule is O=C(Nc1ccc(Oc2ccc(F)c(F)c2)cn1)[C@H]1CC1C(F)(F)F. The third-order valence-electron chi connectivity index (χ3n) is 3.66. The topological polar surface area (TPSA) is 51.2 Å². The summed E-state index contributed by atoms with van der Waals surface area (Å²) in [5, 5.41) is 2.30. The molecule has 9 heteroatoms. The van der Waals surface area contributed by atoms with Crippen LogP contribution in [0.3, 0.4) is 0 Å². The van der Waals surface area contributed by atoms with E-state index in [9.17, 15) is 26.7 Å². The number of carbonyl (C=O) groups excluding carboxylic acids is 1. The number of halogens is 5. The lowest BCUT2D eigenvalue weighted by Crippen LogP contribution is -2.20. The molecule has 1 aliphatic rings. The monoisotopic (exact) mass is 358 g/mol. The number of carbonyl (C=O) groups is 1. The van der Waals surface area contributed by atoms with Gasteiger partial charge in [0, 0.05) is 6.07 Å². The average molecular weight is 358 g/mol. The van der Waals surface area contributed by atoms with Crippen LogP contribution < -0.4 is 10.1 Å². The first-order valence-corrected chi connectivity index (χ1v) is 7.20. The number of nitrogens with one attached hydrogen (secondary N) is 1. The Morgan fingerprint density at radius 3 is 2.40 bits per heavy atom. The highest BCUT2D eigenvalue weighted by molar-refractivity contribution is 5.93. The van der Waals surface area contributed by atoms with E-state index >= 15 is 0 Å². The summed E-state index contributed by atoms with van der Waals surface area (Å²) in [6, 6.07) is 5.70. The standard InChI is InChI=1S/C16H11F5N2O2/c17-12-3-1-8(5-13(12)18)25-9-2-4-14(22-7-9)23-15(24)10-6-11(10)16(19,20)21/h1-5,7,10-11H,6H2,(H,22,23,24)/t10-,11?/m0/s1. The summed E-state index contributed by atoms with van der Waals surface area (Å²) in [4.78, 5) is 15.6. The first-order chi connectivity index (χ1) is 11.7. The molecule has 0 saturated heterocycles. The minimum absolute atomic E-state index is 0.0449. The highest BCUT2D eigenvalue weighted by atomic mass is 19.4. The highest BCUT2D eigenvalue weighted by Crippen LogP contribution is 2.50. The zero-order valence-corrected chi connectivity index (χ0v) is 12.5. The maximum atomic E-state index is 13.1. The van der Waals surface area contributed by atoms with E-state index in [0.29, 0.717) is 0 Å². The van der Waals surface area contributed by atoms with Gasteiger partial charge in [-0.3, -0.25) is 4.79 Å². The van der Waals surface area contributed by atoms with Crippen LogP contribution in [0, 0.1) is 23.5 Å². The molecule has 1 heterocycles. The number of benzene rings is 1. The van der Waals surface area contributed by atoms with Crippen LogP contribution in [0.5, 0.6) is 11.5 Å². The Bertz CT molecular complexity index is 792. The second-order valence-electron chi connectivity index (χ2n) is 5.54. The van der Waals surface area contributed by atoms with Crippen LogP contribution in [0.1, 0.15) is 6.42 Å². The van der Waals surface area contributed by atoms with Gasteiger partial charge in [-0.05, 0) is 30.7 Å². The predicted octanol–water partition coefficient (Wildman–Crippen LogP) is 4.29. The van der Waals surface area contributed by atoms with E-state index in [0.717, 1.165) is 12.1 Å². The molecule has 1 saturated carbocycles. The van der Waals surface area contributed by atoms with Gasteiger partial charge in [0.2, 0.25) is 5.91 Å². The van der Waals surface area contributed by atoms with Crippen LogP contribution in [0.25, 0.3) is 0 Å². The molecule has 0 bridgehead atoms. The largest absolute Gasteiger partial charge is 0.456 e. The van der Waals surface area contributed by atoms with Gasteiger partial charge in [-0.25, -0.2) is 13.8 Å². The summed E-state index contributed by atoms with van der Waals surface area (Å²) in [6.45, 7) is 0. The number of aromatic nitrogens is 1. The van der Waals surface area contributed by atoms with Crippen molar-refractivity contribution in [2.75, 3.05) is 5.32 Å². The Morgan fingerprint density at radius 2 is 1.84 bits per heavy atom. The van der Waals surface area contributed by atoms with Crippen LogP contribution in [-0.2, 0) is 4.79 Å². The minimum Gasteiger partial charge on any atom is -0.456 e. The Morgan fingerprint density at radius 1 is 1.12 bits per heavy atom. The lowest BCUT2D eigenvalue weighted by atomic mass is 10.3. The summed E-state index contributed by atoms with van der Waals surface area (Å²) in [7, 11) is 0. The Balaban J connectivity index is 1.59. The molecular weight excluding hydrogens is 347 g/mol. The third-order valence-corrected chi connectivity index (χ3v) is 3.66. The zero-order valence-electron chi connectivity index (χ0n) is 12.5. The molecule has 1 fully saturated rings. The summed E-state index contributed by atoms with van der Waals surface area (Å²) >= 11 is 0. The van der Waals surface area contributed by atoms with Gasteiger partial charge in [0.15, 0.2) is 11.6 Å². The van der Waals surface area contributed by atoms with Crippen molar-refractivity contribution < 1.29 is 31.5 Å². The molecule has 25 heavy (non-hydrogen) atoms. The molecule has 2 atom stereocenters. The molecule has 0 aliphatic heterocycles. The number of nitrogens with zero attached hydrogens (tertiary/aromatic N) is 1. The van der Waals surface area contributed by atoms with Gasteiger partial charge < -0.3 is 10.1 Å². The molecule has 0 radical (unpaired) electrons. The first kappa shape index (κ1) is 17.1. The van der Waals surface area contributed by atoms with E-state index in [1.807, 2.05) is 0 Å². The van der Waals surface area contributed by atoms with E-state index in [2.05, 4.69) is 10.3 Å². The normalized spacial score (nSPS) is 19.4. The molecule has 1 aromatic heterocycles. The molecule has 1 N–H and O–H groups in total. The van der Waals surface area contributed by atoms with Crippen molar-refractivity contribution >= 4 is 11.7 Å². The highest BCUT2D eigenvalue weighted by Gasteiger charge is 2.58. The number of amides is 1. The van der Waals surface area contributed by atoms with Crippen molar-refractivity contribution in [2.45, 2.75) is 12.6 Å². The predicted molar refractivity (Wildman–Crippen MR) is 77.0 cm³/mol. The van der Waals surface area contributed by atoms with Gasteiger partial charge in [-0.2, -0.15) is 13.2 Å². The fraction of sp³-hybridized carbons (Fsp3) is 0.250. The second-order valence-corrected chi connectivity index (χ2v) is 5.54. The minimum atomic E-state index is -4.38. The summed E-state index contributed by atoms with van der Waals surface area (Å²) in [6.07, 6.45) is -3.41. The summed E-state index contributed by atoms with van der Waals surface area (Å²) in [5.74, 6) is -5.24. The van der Waals surface area contributed by atoms with Crippen molar-refractivity contribution in [3.8, 4) is 11.5 Å². The fourth-order valence-corrected chi connectivity index (χ4v) is 2.26. The summed E-state index contributed by atoms with van der Waals surface area (Å²) in [5.41, 5.74) is 0. The van der Waals surface area contributed by atoms with Crippen LogP contribution in [0.4, 0.5) is 27.8 Å². The molecular formula is C16H11F5N2O2. The quantitative estimate of drug-likeness (QED) is 0.830. The number of ether oxygens (including phenoxy) is 1. The molecule has 1 aromatic carbocycles. The van der Waals surface area contributed by atoms with E-state index in [1.54, 1.807) is 0 Å². The third kappa shape index (κ3) is 4.04. The molecule has 132 valence electrons. The molecule has 0 spiro atoms. The molecule has 2 aromatic rings. The van der Waals surface area contributed by atoms with Crippen molar-refractivity contribution in [3.05, 3.63) is 48.2 Å². The maximum Gasteiger partial charge on any atom is 0.392 e. The van der Waals surface area contributed by atoms with Gasteiger partial charge in [-0.1, -0.05) is 0 Å². The van der Waals surface area contributed by atoms with Crippen LogP contribution >= 0.6 is 0 Å². The second kappa shape index (κ2) is 6.30. The van der Waals surface area contributed by atoms with Crippen molar-refractivity contribution in [2.24, 2.45) is 11.8 Å². The van der Waals surface area contributed by atoms with Crippen molar-refractivity contribution in [1.29, 1.82) is 0 Å².